The van der Waals surface area contributed by atoms with Crippen LogP contribution < -0.4 is 24.8 Å². The summed E-state index contributed by atoms with van der Waals surface area (Å²) >= 11 is 1.33. The highest BCUT2D eigenvalue weighted by Gasteiger charge is 2.17. The van der Waals surface area contributed by atoms with E-state index in [0.717, 1.165) is 6.20 Å². The van der Waals surface area contributed by atoms with Gasteiger partial charge in [-0.2, -0.15) is 16.3 Å². The Bertz CT molecular complexity index is 1420. The molecule has 0 aliphatic heterocycles. The second-order valence-electron chi connectivity index (χ2n) is 7.47. The molecule has 2 N–H and O–H groups in total. The highest BCUT2D eigenvalue weighted by molar-refractivity contribution is 7.90. The number of anilines is 4. The number of benzene rings is 2. The summed E-state index contributed by atoms with van der Waals surface area (Å²) in [6.45, 7) is 0. The van der Waals surface area contributed by atoms with Crippen LogP contribution in [0.4, 0.5) is 27.5 Å². The summed E-state index contributed by atoms with van der Waals surface area (Å²) in [5.41, 5.74) is 1.68. The van der Waals surface area contributed by atoms with Crippen molar-refractivity contribution >= 4 is 44.3 Å². The predicted octanol–water partition coefficient (Wildman–Crippen LogP) is 5.16. The zero-order chi connectivity index (χ0) is 25.7. The highest BCUT2D eigenvalue weighted by Crippen LogP contribution is 2.40. The molecule has 9 nitrogen and oxygen atoms in total. The number of ether oxygens (including phenoxy) is 3. The number of halogens is 1. The van der Waals surface area contributed by atoms with Gasteiger partial charge < -0.3 is 24.8 Å². The van der Waals surface area contributed by atoms with Crippen LogP contribution in [0.1, 0.15) is 5.56 Å². The maximum atomic E-state index is 14.4. The second kappa shape index (κ2) is 10.8. The molecule has 2 heterocycles. The highest BCUT2D eigenvalue weighted by atomic mass is 32.2. The molecule has 0 bridgehead atoms. The smallest absolute Gasteiger partial charge is 0.229 e. The fourth-order valence-corrected chi connectivity index (χ4v) is 5.78. The van der Waals surface area contributed by atoms with E-state index in [9.17, 15) is 12.8 Å². The summed E-state index contributed by atoms with van der Waals surface area (Å²) in [6.07, 6.45) is 1.04. The van der Waals surface area contributed by atoms with E-state index in [1.54, 1.807) is 53.2 Å². The number of nitrogens with one attached hydrogen (secondary N) is 2. The van der Waals surface area contributed by atoms with Crippen molar-refractivity contribution in [3.8, 4) is 17.2 Å². The van der Waals surface area contributed by atoms with Gasteiger partial charge in [-0.05, 0) is 29.1 Å². The molecule has 0 unspecified atom stereocenters. The van der Waals surface area contributed by atoms with Gasteiger partial charge in [0.25, 0.3) is 0 Å². The van der Waals surface area contributed by atoms with E-state index >= 15 is 0 Å². The number of nitrogens with zero attached hydrogens (tertiary/aromatic N) is 2. The van der Waals surface area contributed by atoms with Gasteiger partial charge in [0.05, 0.1) is 38.2 Å². The molecule has 4 rings (SSSR count). The van der Waals surface area contributed by atoms with E-state index in [1.165, 1.54) is 32.7 Å². The minimum Gasteiger partial charge on any atom is -0.493 e. The molecule has 0 spiro atoms. The van der Waals surface area contributed by atoms with Crippen molar-refractivity contribution in [1.29, 1.82) is 0 Å². The van der Waals surface area contributed by atoms with Crippen LogP contribution in [0.5, 0.6) is 17.2 Å². The average molecular weight is 531 g/mol. The molecule has 12 heteroatoms. The normalized spacial score (nSPS) is 11.1. The molecule has 0 aliphatic rings. The third-order valence-electron chi connectivity index (χ3n) is 5.09. The van der Waals surface area contributed by atoms with Crippen molar-refractivity contribution in [2.45, 2.75) is 10.6 Å². The zero-order valence-corrected chi connectivity index (χ0v) is 21.2. The average Bonchev–Trinajstić information content (AvgIpc) is 3.43. The number of thiophene rings is 1. The van der Waals surface area contributed by atoms with Crippen molar-refractivity contribution in [2.24, 2.45) is 0 Å². The summed E-state index contributed by atoms with van der Waals surface area (Å²) in [7, 11) is 1.08. The minimum atomic E-state index is -3.42. The molecule has 0 aliphatic carbocycles. The molecule has 0 saturated carbocycles. The molecule has 188 valence electrons. The van der Waals surface area contributed by atoms with Crippen LogP contribution in [-0.4, -0.2) is 39.7 Å². The molecule has 0 amide bonds. The maximum absolute atomic E-state index is 14.4. The first-order chi connectivity index (χ1) is 17.3. The van der Waals surface area contributed by atoms with Crippen LogP contribution in [0.15, 0.2) is 64.3 Å². The van der Waals surface area contributed by atoms with Crippen molar-refractivity contribution in [3.63, 3.8) is 0 Å². The number of aromatic nitrogens is 2. The molecule has 0 radical (unpaired) electrons. The van der Waals surface area contributed by atoms with Crippen LogP contribution in [0.25, 0.3) is 0 Å². The van der Waals surface area contributed by atoms with E-state index in [-0.39, 0.29) is 17.5 Å². The van der Waals surface area contributed by atoms with E-state index in [2.05, 4.69) is 20.6 Å². The quantitative estimate of drug-likeness (QED) is 0.287. The van der Waals surface area contributed by atoms with E-state index in [1.807, 2.05) is 0 Å². The summed E-state index contributed by atoms with van der Waals surface area (Å²) in [5, 5.41) is 9.22. The summed E-state index contributed by atoms with van der Waals surface area (Å²) in [4.78, 5) is 8.50. The van der Waals surface area contributed by atoms with Crippen molar-refractivity contribution in [2.75, 3.05) is 32.0 Å². The molecular formula is C24H23FN4O5S2. The third-order valence-corrected chi connectivity index (χ3v) is 7.61. The summed E-state index contributed by atoms with van der Waals surface area (Å²) in [5.74, 6) is 0.579. The Morgan fingerprint density at radius 1 is 0.944 bits per heavy atom. The van der Waals surface area contributed by atoms with E-state index < -0.39 is 15.7 Å². The maximum Gasteiger partial charge on any atom is 0.229 e. The van der Waals surface area contributed by atoms with E-state index in [4.69, 9.17) is 14.2 Å². The summed E-state index contributed by atoms with van der Waals surface area (Å²) in [6, 6.07) is 11.6. The first kappa shape index (κ1) is 25.2. The summed E-state index contributed by atoms with van der Waals surface area (Å²) < 4.78 is 55.4. The molecule has 36 heavy (non-hydrogen) atoms. The zero-order valence-electron chi connectivity index (χ0n) is 19.6. The molecule has 0 atom stereocenters. The monoisotopic (exact) mass is 530 g/mol. The third kappa shape index (κ3) is 5.66. The molecule has 2 aromatic carbocycles. The van der Waals surface area contributed by atoms with Crippen LogP contribution in [0.3, 0.4) is 0 Å². The molecule has 4 aromatic rings. The molecule has 0 saturated heterocycles. The number of methoxy groups -OCH3 is 3. The van der Waals surface area contributed by atoms with Gasteiger partial charge in [0.1, 0.15) is 0 Å². The Labute approximate surface area is 211 Å². The van der Waals surface area contributed by atoms with Crippen molar-refractivity contribution in [1.82, 2.24) is 9.97 Å². The van der Waals surface area contributed by atoms with Gasteiger partial charge >= 0.3 is 0 Å². The van der Waals surface area contributed by atoms with Crippen molar-refractivity contribution in [3.05, 3.63) is 70.8 Å². The van der Waals surface area contributed by atoms with Crippen LogP contribution in [-0.2, 0) is 15.6 Å². The lowest BCUT2D eigenvalue weighted by Crippen LogP contribution is -2.05. The predicted molar refractivity (Wildman–Crippen MR) is 136 cm³/mol. The lowest BCUT2D eigenvalue weighted by Gasteiger charge is -2.15. The largest absolute Gasteiger partial charge is 0.493 e. The lowest BCUT2D eigenvalue weighted by atomic mass is 10.2. The first-order valence-electron chi connectivity index (χ1n) is 10.5. The SMILES string of the molecule is COc1cc(Nc2ncc(F)c(Nc3ccc(CS(=O)(=O)c4ccsc4)cc3)n2)cc(OC)c1OC. The molecular weight excluding hydrogens is 507 g/mol. The fourth-order valence-electron chi connectivity index (χ4n) is 3.35. The first-order valence-corrected chi connectivity index (χ1v) is 13.1. The molecule has 0 fully saturated rings. The minimum absolute atomic E-state index is 0.0569. The van der Waals surface area contributed by atoms with Gasteiger partial charge in [-0.1, -0.05) is 12.1 Å². The Hall–Kier alpha value is -3.90. The van der Waals surface area contributed by atoms with Gasteiger partial charge in [0.15, 0.2) is 33.0 Å². The Morgan fingerprint density at radius 3 is 2.22 bits per heavy atom. The lowest BCUT2D eigenvalue weighted by molar-refractivity contribution is 0.324. The Kier molecular flexibility index (Phi) is 7.55. The van der Waals surface area contributed by atoms with Gasteiger partial charge in [-0.15, -0.1) is 0 Å². The van der Waals surface area contributed by atoms with Crippen LogP contribution in [0.2, 0.25) is 0 Å². The van der Waals surface area contributed by atoms with Crippen LogP contribution >= 0.6 is 11.3 Å². The van der Waals surface area contributed by atoms with Crippen molar-refractivity contribution < 1.29 is 27.0 Å². The van der Waals surface area contributed by atoms with Crippen LogP contribution in [0, 0.1) is 5.82 Å². The van der Waals surface area contributed by atoms with Gasteiger partial charge in [0.2, 0.25) is 11.7 Å². The van der Waals surface area contributed by atoms with Gasteiger partial charge in [-0.3, -0.25) is 0 Å². The number of rotatable bonds is 10. The molecule has 2 aromatic heterocycles. The topological polar surface area (TPSA) is 112 Å². The standard InChI is InChI=1S/C24H23FN4O5S2/c1-32-20-10-17(11-21(33-2)22(20)34-3)28-24-26-12-19(25)23(29-24)27-16-6-4-15(5-7-16)14-36(30,31)18-8-9-35-13-18/h4-13H,14H2,1-3H3,(H2,26,27,28,29). The second-order valence-corrected chi connectivity index (χ2v) is 10.2. The number of hydrogen-bond donors (Lipinski definition) is 2. The Morgan fingerprint density at radius 2 is 1.64 bits per heavy atom. The number of sulfone groups is 1. The fraction of sp³-hybridized carbons (Fsp3) is 0.167. The van der Waals surface area contributed by atoms with Gasteiger partial charge in [-0.25, -0.2) is 17.8 Å². The number of hydrogen-bond acceptors (Lipinski definition) is 10. The Balaban J connectivity index is 1.50. The van der Waals surface area contributed by atoms with E-state index in [0.29, 0.717) is 39.1 Å². The van der Waals surface area contributed by atoms with Gasteiger partial charge in [0, 0.05) is 28.9 Å².